The number of nitrogens with one attached hydrogen (secondary N) is 1. The van der Waals surface area contributed by atoms with Crippen molar-refractivity contribution in [2.24, 2.45) is 0 Å². The third kappa shape index (κ3) is 4.31. The summed E-state index contributed by atoms with van der Waals surface area (Å²) in [6, 6.07) is 2.57. The van der Waals surface area contributed by atoms with Crippen molar-refractivity contribution in [1.82, 2.24) is 10.3 Å². The Morgan fingerprint density at radius 3 is 2.82 bits per heavy atom. The molecule has 0 aliphatic rings. The predicted octanol–water partition coefficient (Wildman–Crippen LogP) is 3.65. The number of aryl methyl sites for hydroxylation is 1. The number of aromatic nitrogens is 1. The molecule has 1 aromatic rings. The third-order valence-electron chi connectivity index (χ3n) is 3.01. The Hall–Kier alpha value is -1.15. The first kappa shape index (κ1) is 13.9. The molecule has 0 radical (unpaired) electrons. The van der Waals surface area contributed by atoms with Gasteiger partial charge in [-0.1, -0.05) is 19.4 Å². The second-order valence-electron chi connectivity index (χ2n) is 4.53. The molecule has 1 unspecified atom stereocenters. The Morgan fingerprint density at radius 1 is 1.47 bits per heavy atom. The maximum Gasteiger partial charge on any atom is 0.0327 e. The summed E-state index contributed by atoms with van der Waals surface area (Å²) >= 11 is 0. The van der Waals surface area contributed by atoms with Crippen LogP contribution in [0.5, 0.6) is 0 Å². The Balaban J connectivity index is 2.84. The Kier molecular flexibility index (Phi) is 5.92. The van der Waals surface area contributed by atoms with E-state index in [-0.39, 0.29) is 0 Å². The van der Waals surface area contributed by atoms with Gasteiger partial charge in [0.2, 0.25) is 0 Å². The van der Waals surface area contributed by atoms with Gasteiger partial charge in [-0.05, 0) is 49.9 Å². The van der Waals surface area contributed by atoms with Crippen molar-refractivity contribution >= 4 is 0 Å². The van der Waals surface area contributed by atoms with Gasteiger partial charge in [0.1, 0.15) is 0 Å². The summed E-state index contributed by atoms with van der Waals surface area (Å²) in [5, 5.41) is 3.56. The lowest BCUT2D eigenvalue weighted by molar-refractivity contribution is 0.511. The van der Waals surface area contributed by atoms with Gasteiger partial charge in [-0.2, -0.15) is 0 Å². The quantitative estimate of drug-likeness (QED) is 0.726. The number of hydrogen-bond acceptors (Lipinski definition) is 2. The van der Waals surface area contributed by atoms with Gasteiger partial charge in [0.05, 0.1) is 0 Å². The predicted molar refractivity (Wildman–Crippen MR) is 74.1 cm³/mol. The first-order valence-electron chi connectivity index (χ1n) is 6.49. The zero-order valence-electron chi connectivity index (χ0n) is 11.3. The molecule has 0 bridgehead atoms. The second-order valence-corrected chi connectivity index (χ2v) is 4.53. The zero-order chi connectivity index (χ0) is 12.7. The van der Waals surface area contributed by atoms with Gasteiger partial charge in [-0.3, -0.25) is 4.98 Å². The molecular formula is C15H24N2. The lowest BCUT2D eigenvalue weighted by atomic mass is 9.96. The van der Waals surface area contributed by atoms with E-state index in [0.29, 0.717) is 6.04 Å². The zero-order valence-corrected chi connectivity index (χ0v) is 11.3. The van der Waals surface area contributed by atoms with E-state index in [1.807, 2.05) is 12.4 Å². The molecule has 0 aliphatic heterocycles. The molecule has 0 fully saturated rings. The van der Waals surface area contributed by atoms with Crippen molar-refractivity contribution in [3.8, 4) is 0 Å². The molecule has 0 amide bonds. The molecule has 0 aliphatic carbocycles. The summed E-state index contributed by atoms with van der Waals surface area (Å²) in [6.07, 6.45) is 7.10. The topological polar surface area (TPSA) is 24.9 Å². The standard InChI is InChI=1S/C15H24N2/c1-5-13-11-16-10-9-14(13)15(17-6-2)8-7-12(3)4/h9-11,15,17H,3,5-8H2,1-2,4H3. The highest BCUT2D eigenvalue weighted by Gasteiger charge is 2.13. The molecule has 94 valence electrons. The van der Waals surface area contributed by atoms with Gasteiger partial charge in [0.25, 0.3) is 0 Å². The minimum atomic E-state index is 0.426. The molecule has 0 aromatic carbocycles. The molecular weight excluding hydrogens is 208 g/mol. The highest BCUT2D eigenvalue weighted by molar-refractivity contribution is 5.27. The van der Waals surface area contributed by atoms with Crippen molar-refractivity contribution in [3.05, 3.63) is 41.7 Å². The maximum atomic E-state index is 4.21. The summed E-state index contributed by atoms with van der Waals surface area (Å²) in [7, 11) is 0. The Bertz CT molecular complexity index is 358. The monoisotopic (exact) mass is 232 g/mol. The van der Waals surface area contributed by atoms with E-state index in [4.69, 9.17) is 0 Å². The van der Waals surface area contributed by atoms with Crippen LogP contribution in [-0.2, 0) is 6.42 Å². The third-order valence-corrected chi connectivity index (χ3v) is 3.01. The summed E-state index contributed by atoms with van der Waals surface area (Å²) < 4.78 is 0. The van der Waals surface area contributed by atoms with Crippen LogP contribution < -0.4 is 5.32 Å². The lowest BCUT2D eigenvalue weighted by Gasteiger charge is -2.20. The minimum absolute atomic E-state index is 0.426. The molecule has 0 saturated heterocycles. The van der Waals surface area contributed by atoms with E-state index in [1.165, 1.54) is 16.7 Å². The second kappa shape index (κ2) is 7.23. The maximum absolute atomic E-state index is 4.21. The van der Waals surface area contributed by atoms with E-state index in [9.17, 15) is 0 Å². The van der Waals surface area contributed by atoms with Gasteiger partial charge in [-0.25, -0.2) is 0 Å². The van der Waals surface area contributed by atoms with E-state index in [0.717, 1.165) is 25.8 Å². The fourth-order valence-electron chi connectivity index (χ4n) is 2.08. The van der Waals surface area contributed by atoms with Gasteiger partial charge in [0.15, 0.2) is 0 Å². The number of nitrogens with zero attached hydrogens (tertiary/aromatic N) is 1. The SMILES string of the molecule is C=C(C)CCC(NCC)c1ccncc1CC. The van der Waals surface area contributed by atoms with Gasteiger partial charge >= 0.3 is 0 Å². The number of rotatable bonds is 7. The largest absolute Gasteiger partial charge is 0.310 e. The Morgan fingerprint density at radius 2 is 2.24 bits per heavy atom. The highest BCUT2D eigenvalue weighted by atomic mass is 14.9. The molecule has 17 heavy (non-hydrogen) atoms. The van der Waals surface area contributed by atoms with Crippen molar-refractivity contribution in [3.63, 3.8) is 0 Å². The summed E-state index contributed by atoms with van der Waals surface area (Å²) in [4.78, 5) is 4.21. The molecule has 1 heterocycles. The van der Waals surface area contributed by atoms with Gasteiger partial charge in [-0.15, -0.1) is 6.58 Å². The molecule has 1 aromatic heterocycles. The molecule has 1 N–H and O–H groups in total. The number of pyridine rings is 1. The average molecular weight is 232 g/mol. The van der Waals surface area contributed by atoms with Crippen molar-refractivity contribution < 1.29 is 0 Å². The highest BCUT2D eigenvalue weighted by Crippen LogP contribution is 2.23. The smallest absolute Gasteiger partial charge is 0.0327 e. The van der Waals surface area contributed by atoms with Gasteiger partial charge in [0, 0.05) is 18.4 Å². The number of hydrogen-bond donors (Lipinski definition) is 1. The van der Waals surface area contributed by atoms with Gasteiger partial charge < -0.3 is 5.32 Å². The van der Waals surface area contributed by atoms with Crippen LogP contribution >= 0.6 is 0 Å². The fraction of sp³-hybridized carbons (Fsp3) is 0.533. The normalized spacial score (nSPS) is 12.4. The molecule has 2 nitrogen and oxygen atoms in total. The van der Waals surface area contributed by atoms with Crippen molar-refractivity contribution in [2.75, 3.05) is 6.54 Å². The first-order chi connectivity index (χ1) is 8.19. The van der Waals surface area contributed by atoms with Crippen LogP contribution in [0.2, 0.25) is 0 Å². The summed E-state index contributed by atoms with van der Waals surface area (Å²) in [5.41, 5.74) is 3.99. The van der Waals surface area contributed by atoms with E-state index < -0.39 is 0 Å². The van der Waals surface area contributed by atoms with Crippen molar-refractivity contribution in [2.45, 2.75) is 46.1 Å². The summed E-state index contributed by atoms with van der Waals surface area (Å²) in [5.74, 6) is 0. The average Bonchev–Trinajstić information content (AvgIpc) is 2.34. The minimum Gasteiger partial charge on any atom is -0.310 e. The van der Waals surface area contributed by atoms with Crippen LogP contribution in [-0.4, -0.2) is 11.5 Å². The van der Waals surface area contributed by atoms with Crippen LogP contribution in [0.25, 0.3) is 0 Å². The van der Waals surface area contributed by atoms with Crippen molar-refractivity contribution in [1.29, 1.82) is 0 Å². The molecule has 1 rings (SSSR count). The Labute approximate surface area is 105 Å². The van der Waals surface area contributed by atoms with E-state index in [2.05, 4.69) is 43.7 Å². The first-order valence-corrected chi connectivity index (χ1v) is 6.49. The van der Waals surface area contributed by atoms with Crippen LogP contribution in [0.1, 0.15) is 50.8 Å². The van der Waals surface area contributed by atoms with Crippen LogP contribution in [0.3, 0.4) is 0 Å². The molecule has 1 atom stereocenters. The van der Waals surface area contributed by atoms with Crippen LogP contribution in [0.15, 0.2) is 30.6 Å². The van der Waals surface area contributed by atoms with Crippen LogP contribution in [0, 0.1) is 0 Å². The fourth-order valence-corrected chi connectivity index (χ4v) is 2.08. The summed E-state index contributed by atoms with van der Waals surface area (Å²) in [6.45, 7) is 11.4. The van der Waals surface area contributed by atoms with Crippen LogP contribution in [0.4, 0.5) is 0 Å². The molecule has 2 heteroatoms. The lowest BCUT2D eigenvalue weighted by Crippen LogP contribution is -2.22. The number of allylic oxidation sites excluding steroid dienone is 1. The molecule has 0 spiro atoms. The van der Waals surface area contributed by atoms with E-state index in [1.54, 1.807) is 0 Å². The molecule has 0 saturated carbocycles. The van der Waals surface area contributed by atoms with E-state index >= 15 is 0 Å².